The van der Waals surface area contributed by atoms with Crippen LogP contribution < -0.4 is 0 Å². The second-order valence-electron chi connectivity index (χ2n) is 4.04. The molecule has 0 saturated heterocycles. The highest BCUT2D eigenvalue weighted by Crippen LogP contribution is 2.22. The van der Waals surface area contributed by atoms with E-state index < -0.39 is 0 Å². The van der Waals surface area contributed by atoms with Gasteiger partial charge in [0.05, 0.1) is 6.61 Å². The lowest BCUT2D eigenvalue weighted by atomic mass is 10.1. The number of halogens is 1. The van der Waals surface area contributed by atoms with Crippen LogP contribution in [0.3, 0.4) is 0 Å². The number of benzene rings is 1. The molecule has 0 atom stereocenters. The van der Waals surface area contributed by atoms with Gasteiger partial charge in [-0.15, -0.1) is 0 Å². The SMILES string of the molecule is Cn1ncnc1SCc1ccc(C#CCCO)cc1F. The molecule has 0 saturated carbocycles. The monoisotopic (exact) mass is 291 g/mol. The highest BCUT2D eigenvalue weighted by atomic mass is 32.2. The second kappa shape index (κ2) is 7.08. The van der Waals surface area contributed by atoms with Gasteiger partial charge in [-0.25, -0.2) is 14.1 Å². The number of rotatable bonds is 4. The van der Waals surface area contributed by atoms with Crippen LogP contribution in [0.25, 0.3) is 0 Å². The standard InChI is InChI=1S/C14H14FN3OS/c1-18-14(16-10-17-18)20-9-12-6-5-11(8-13(12)15)4-2-3-7-19/h5-6,8,10,19H,3,7,9H2,1H3. The number of aliphatic hydroxyl groups is 1. The van der Waals surface area contributed by atoms with Gasteiger partial charge in [0.2, 0.25) is 0 Å². The van der Waals surface area contributed by atoms with Crippen LogP contribution >= 0.6 is 11.8 Å². The van der Waals surface area contributed by atoms with Gasteiger partial charge in [0, 0.05) is 24.8 Å². The van der Waals surface area contributed by atoms with Crippen LogP contribution in [0.1, 0.15) is 17.5 Å². The maximum Gasteiger partial charge on any atom is 0.186 e. The van der Waals surface area contributed by atoms with Gasteiger partial charge in [-0.3, -0.25) is 0 Å². The molecular formula is C14H14FN3OS. The number of hydrogen-bond acceptors (Lipinski definition) is 4. The maximum atomic E-state index is 13.9. The molecule has 0 unspecified atom stereocenters. The normalized spacial score (nSPS) is 10.2. The molecule has 0 aliphatic carbocycles. The highest BCUT2D eigenvalue weighted by Gasteiger charge is 2.06. The molecule has 0 amide bonds. The van der Waals surface area contributed by atoms with E-state index in [1.54, 1.807) is 23.9 Å². The first-order chi connectivity index (χ1) is 9.70. The van der Waals surface area contributed by atoms with Crippen LogP contribution in [0.4, 0.5) is 4.39 Å². The Morgan fingerprint density at radius 2 is 2.30 bits per heavy atom. The first-order valence-electron chi connectivity index (χ1n) is 6.05. The average Bonchev–Trinajstić information content (AvgIpc) is 2.84. The Balaban J connectivity index is 2.03. The van der Waals surface area contributed by atoms with Crippen LogP contribution in [0.2, 0.25) is 0 Å². The molecule has 0 aliphatic heterocycles. The topological polar surface area (TPSA) is 50.9 Å². The third-order valence-electron chi connectivity index (χ3n) is 2.55. The number of nitrogens with zero attached hydrogens (tertiary/aromatic N) is 3. The van der Waals surface area contributed by atoms with Crippen LogP contribution in [-0.2, 0) is 12.8 Å². The summed E-state index contributed by atoms with van der Waals surface area (Å²) in [6, 6.07) is 4.92. The van der Waals surface area contributed by atoms with Crippen LogP contribution in [0.5, 0.6) is 0 Å². The van der Waals surface area contributed by atoms with Gasteiger partial charge in [-0.1, -0.05) is 29.7 Å². The van der Waals surface area contributed by atoms with Crippen molar-refractivity contribution in [2.24, 2.45) is 7.05 Å². The molecule has 0 fully saturated rings. The van der Waals surface area contributed by atoms with E-state index in [1.165, 1.54) is 24.2 Å². The van der Waals surface area contributed by atoms with Crippen LogP contribution in [0.15, 0.2) is 29.7 Å². The molecule has 4 nitrogen and oxygen atoms in total. The van der Waals surface area contributed by atoms with Crippen molar-refractivity contribution < 1.29 is 9.50 Å². The predicted molar refractivity (Wildman–Crippen MR) is 75.5 cm³/mol. The Labute approximate surface area is 121 Å². The fourth-order valence-electron chi connectivity index (χ4n) is 1.52. The lowest BCUT2D eigenvalue weighted by Crippen LogP contribution is -1.94. The Bertz CT molecular complexity index is 645. The number of thioether (sulfide) groups is 1. The molecule has 0 spiro atoms. The van der Waals surface area contributed by atoms with E-state index in [0.29, 0.717) is 23.3 Å². The summed E-state index contributed by atoms with van der Waals surface area (Å²) in [7, 11) is 1.80. The summed E-state index contributed by atoms with van der Waals surface area (Å²) in [4.78, 5) is 4.07. The molecule has 1 heterocycles. The molecule has 6 heteroatoms. The van der Waals surface area contributed by atoms with Crippen molar-refractivity contribution in [3.05, 3.63) is 41.5 Å². The molecule has 1 aromatic heterocycles. The first-order valence-corrected chi connectivity index (χ1v) is 7.04. The molecule has 0 aliphatic rings. The van der Waals surface area contributed by atoms with E-state index >= 15 is 0 Å². The molecule has 1 N–H and O–H groups in total. The van der Waals surface area contributed by atoms with Crippen molar-refractivity contribution >= 4 is 11.8 Å². The molecule has 2 rings (SSSR count). The zero-order chi connectivity index (χ0) is 14.4. The minimum atomic E-state index is -0.282. The van der Waals surface area contributed by atoms with E-state index in [0.717, 1.165) is 5.16 Å². The van der Waals surface area contributed by atoms with Crippen LogP contribution in [-0.4, -0.2) is 26.5 Å². The summed E-state index contributed by atoms with van der Waals surface area (Å²) in [6.07, 6.45) is 1.86. The van der Waals surface area contributed by atoms with Crippen molar-refractivity contribution in [3.63, 3.8) is 0 Å². The summed E-state index contributed by atoms with van der Waals surface area (Å²) in [5.74, 6) is 5.78. The quantitative estimate of drug-likeness (QED) is 0.691. The smallest absolute Gasteiger partial charge is 0.186 e. The van der Waals surface area contributed by atoms with Gasteiger partial charge >= 0.3 is 0 Å². The van der Waals surface area contributed by atoms with Gasteiger partial charge in [0.15, 0.2) is 5.16 Å². The van der Waals surface area contributed by atoms with Gasteiger partial charge in [0.25, 0.3) is 0 Å². The Morgan fingerprint density at radius 1 is 1.45 bits per heavy atom. The Hall–Kier alpha value is -1.84. The summed E-state index contributed by atoms with van der Waals surface area (Å²) in [5, 5.41) is 13.3. The number of aromatic nitrogens is 3. The summed E-state index contributed by atoms with van der Waals surface area (Å²) in [6.45, 7) is 0.0158. The van der Waals surface area contributed by atoms with E-state index in [1.807, 2.05) is 0 Å². The molecule has 2 aromatic rings. The zero-order valence-corrected chi connectivity index (χ0v) is 11.8. The number of aliphatic hydroxyl groups excluding tert-OH is 1. The molecule has 1 aromatic carbocycles. The Kier molecular flexibility index (Phi) is 5.16. The first kappa shape index (κ1) is 14.6. The third-order valence-corrected chi connectivity index (χ3v) is 3.63. The second-order valence-corrected chi connectivity index (χ2v) is 4.98. The minimum Gasteiger partial charge on any atom is -0.395 e. The number of aryl methyl sites for hydroxylation is 1. The third kappa shape index (κ3) is 3.83. The molecule has 0 bridgehead atoms. The van der Waals surface area contributed by atoms with Gasteiger partial charge < -0.3 is 5.11 Å². The molecule has 0 radical (unpaired) electrons. The van der Waals surface area contributed by atoms with Crippen molar-refractivity contribution in [2.45, 2.75) is 17.3 Å². The summed E-state index contributed by atoms with van der Waals surface area (Å²) < 4.78 is 15.6. The fraction of sp³-hybridized carbons (Fsp3) is 0.286. The molecular weight excluding hydrogens is 277 g/mol. The lowest BCUT2D eigenvalue weighted by Gasteiger charge is -2.03. The van der Waals surface area contributed by atoms with Crippen LogP contribution in [0, 0.1) is 17.7 Å². The van der Waals surface area contributed by atoms with Gasteiger partial charge in [-0.05, 0) is 17.7 Å². The molecule has 20 heavy (non-hydrogen) atoms. The lowest BCUT2D eigenvalue weighted by molar-refractivity contribution is 0.305. The van der Waals surface area contributed by atoms with Gasteiger partial charge in [0.1, 0.15) is 12.1 Å². The largest absolute Gasteiger partial charge is 0.395 e. The average molecular weight is 291 g/mol. The summed E-state index contributed by atoms with van der Waals surface area (Å²) in [5.41, 5.74) is 1.22. The van der Waals surface area contributed by atoms with Crippen molar-refractivity contribution in [1.82, 2.24) is 14.8 Å². The predicted octanol–water partition coefficient (Wildman–Crippen LogP) is 1.98. The van der Waals surface area contributed by atoms with E-state index in [9.17, 15) is 4.39 Å². The van der Waals surface area contributed by atoms with Crippen molar-refractivity contribution in [2.75, 3.05) is 6.61 Å². The zero-order valence-electron chi connectivity index (χ0n) is 11.0. The number of hydrogen-bond donors (Lipinski definition) is 1. The van der Waals surface area contributed by atoms with E-state index in [4.69, 9.17) is 5.11 Å². The fourth-order valence-corrected chi connectivity index (χ4v) is 2.40. The minimum absolute atomic E-state index is 0.0158. The summed E-state index contributed by atoms with van der Waals surface area (Å²) >= 11 is 1.43. The van der Waals surface area contributed by atoms with E-state index in [-0.39, 0.29) is 12.4 Å². The van der Waals surface area contributed by atoms with Crippen molar-refractivity contribution in [1.29, 1.82) is 0 Å². The maximum absolute atomic E-state index is 13.9. The molecule has 104 valence electrons. The van der Waals surface area contributed by atoms with E-state index in [2.05, 4.69) is 21.9 Å². The highest BCUT2D eigenvalue weighted by molar-refractivity contribution is 7.98. The van der Waals surface area contributed by atoms with Gasteiger partial charge in [-0.2, -0.15) is 5.10 Å². The van der Waals surface area contributed by atoms with Crippen molar-refractivity contribution in [3.8, 4) is 11.8 Å². The Morgan fingerprint density at radius 3 is 2.95 bits per heavy atom.